The van der Waals surface area contributed by atoms with Gasteiger partial charge in [0.15, 0.2) is 0 Å². The van der Waals surface area contributed by atoms with Crippen LogP contribution in [0, 0.1) is 0 Å². The molecule has 4 heteroatoms. The summed E-state index contributed by atoms with van der Waals surface area (Å²) in [5.41, 5.74) is 8.00. The Balaban J connectivity index is 1.20. The third-order valence-electron chi connectivity index (χ3n) is 7.72. The highest BCUT2D eigenvalue weighted by Crippen LogP contribution is 2.31. The van der Waals surface area contributed by atoms with Crippen LogP contribution in [0.3, 0.4) is 0 Å². The molecule has 38 heavy (non-hydrogen) atoms. The Labute approximate surface area is 219 Å². The lowest BCUT2D eigenvalue weighted by atomic mass is 10.0. The van der Waals surface area contributed by atoms with E-state index in [2.05, 4.69) is 116 Å². The number of pyridine rings is 2. The SMILES string of the molecule is C1=c2c(n(-c3ccc(-c4ccc(-n5c6ccncc6c6cccnc65)cc4)cc3)c3ccccc23)=CCC1. The van der Waals surface area contributed by atoms with Crippen molar-refractivity contribution in [1.29, 1.82) is 0 Å². The normalized spacial score (nSPS) is 12.9. The maximum Gasteiger partial charge on any atom is 0.145 e. The standard InChI is InChI=1S/C34H24N4/c1-3-9-31-27(6-1)28-7-2-4-10-32(28)37(31)25-15-11-23(12-16-25)24-13-17-26(18-14-24)38-33-19-21-35-22-30(33)29-8-5-20-36-34(29)38/h1,3,5-22H,2,4H2. The van der Waals surface area contributed by atoms with Crippen LogP contribution in [0.15, 0.2) is 110 Å². The van der Waals surface area contributed by atoms with Crippen LogP contribution >= 0.6 is 0 Å². The second kappa shape index (κ2) is 8.29. The highest BCUT2D eigenvalue weighted by Gasteiger charge is 2.14. The lowest BCUT2D eigenvalue weighted by Crippen LogP contribution is -2.30. The molecule has 0 aliphatic heterocycles. The summed E-state index contributed by atoms with van der Waals surface area (Å²) in [4.78, 5) is 9.03. The maximum absolute atomic E-state index is 4.69. The Morgan fingerprint density at radius 3 is 2.05 bits per heavy atom. The van der Waals surface area contributed by atoms with Crippen molar-refractivity contribution < 1.29 is 0 Å². The van der Waals surface area contributed by atoms with E-state index >= 15 is 0 Å². The predicted octanol–water partition coefficient (Wildman–Crippen LogP) is 6.54. The molecule has 1 aliphatic rings. The van der Waals surface area contributed by atoms with E-state index in [9.17, 15) is 0 Å². The summed E-state index contributed by atoms with van der Waals surface area (Å²) in [5, 5.41) is 6.23. The van der Waals surface area contributed by atoms with E-state index < -0.39 is 0 Å². The number of fused-ring (bicyclic) bond motifs is 6. The largest absolute Gasteiger partial charge is 0.310 e. The number of nitrogens with zero attached hydrogens (tertiary/aromatic N) is 4. The van der Waals surface area contributed by atoms with Crippen molar-refractivity contribution in [2.75, 3.05) is 0 Å². The fourth-order valence-corrected chi connectivity index (χ4v) is 5.98. The van der Waals surface area contributed by atoms with Gasteiger partial charge in [0.1, 0.15) is 5.65 Å². The zero-order valence-electron chi connectivity index (χ0n) is 20.8. The van der Waals surface area contributed by atoms with Crippen molar-refractivity contribution in [2.45, 2.75) is 12.8 Å². The minimum atomic E-state index is 0.948. The van der Waals surface area contributed by atoms with E-state index in [0.717, 1.165) is 40.5 Å². The van der Waals surface area contributed by atoms with Crippen LogP contribution < -0.4 is 10.6 Å². The molecule has 0 spiro atoms. The number of aromatic nitrogens is 4. The van der Waals surface area contributed by atoms with Crippen LogP contribution in [0.1, 0.15) is 12.8 Å². The van der Waals surface area contributed by atoms with E-state index in [0.29, 0.717) is 0 Å². The number of hydrogen-bond acceptors (Lipinski definition) is 2. The molecular formula is C34H24N4. The van der Waals surface area contributed by atoms with E-state index in [1.807, 2.05) is 24.7 Å². The van der Waals surface area contributed by atoms with Gasteiger partial charge < -0.3 is 4.57 Å². The first kappa shape index (κ1) is 21.2. The average Bonchev–Trinajstić information content (AvgIpc) is 3.51. The Bertz CT molecular complexity index is 2060. The van der Waals surface area contributed by atoms with Crippen LogP contribution in [0.2, 0.25) is 0 Å². The highest BCUT2D eigenvalue weighted by molar-refractivity contribution is 6.07. The first-order valence-electron chi connectivity index (χ1n) is 13.1. The molecule has 8 rings (SSSR count). The molecule has 0 atom stereocenters. The Kier molecular flexibility index (Phi) is 4.61. The molecular weight excluding hydrogens is 464 g/mol. The first-order valence-corrected chi connectivity index (χ1v) is 13.1. The molecule has 3 aromatic carbocycles. The van der Waals surface area contributed by atoms with Crippen molar-refractivity contribution in [1.82, 2.24) is 19.1 Å². The zero-order chi connectivity index (χ0) is 25.1. The van der Waals surface area contributed by atoms with Gasteiger partial charge in [-0.1, -0.05) is 54.6 Å². The summed E-state index contributed by atoms with van der Waals surface area (Å²) in [7, 11) is 0. The summed E-state index contributed by atoms with van der Waals surface area (Å²) in [5.74, 6) is 0. The Morgan fingerprint density at radius 1 is 0.553 bits per heavy atom. The topological polar surface area (TPSA) is 35.6 Å². The van der Waals surface area contributed by atoms with Crippen molar-refractivity contribution in [3.05, 3.63) is 120 Å². The van der Waals surface area contributed by atoms with Crippen molar-refractivity contribution in [3.8, 4) is 22.5 Å². The van der Waals surface area contributed by atoms with Gasteiger partial charge in [0.25, 0.3) is 0 Å². The molecule has 0 radical (unpaired) electrons. The Morgan fingerprint density at radius 2 is 1.24 bits per heavy atom. The molecule has 0 unspecified atom stereocenters. The van der Waals surface area contributed by atoms with Crippen LogP contribution in [0.4, 0.5) is 0 Å². The molecule has 0 saturated heterocycles. The minimum Gasteiger partial charge on any atom is -0.310 e. The molecule has 7 aromatic rings. The van der Waals surface area contributed by atoms with Crippen molar-refractivity contribution >= 4 is 45.0 Å². The summed E-state index contributed by atoms with van der Waals surface area (Å²) < 4.78 is 4.62. The molecule has 0 fully saturated rings. The number of rotatable bonds is 3. The van der Waals surface area contributed by atoms with Gasteiger partial charge in [-0.05, 0) is 72.5 Å². The number of hydrogen-bond donors (Lipinski definition) is 0. The average molecular weight is 489 g/mol. The molecule has 4 heterocycles. The maximum atomic E-state index is 4.69. The summed E-state index contributed by atoms with van der Waals surface area (Å²) in [6, 6.07) is 32.6. The molecule has 4 nitrogen and oxygen atoms in total. The van der Waals surface area contributed by atoms with Gasteiger partial charge in [-0.3, -0.25) is 9.55 Å². The van der Waals surface area contributed by atoms with Crippen LogP contribution in [0.25, 0.3) is 67.5 Å². The van der Waals surface area contributed by atoms with E-state index in [1.165, 1.54) is 38.3 Å². The first-order chi connectivity index (χ1) is 18.9. The van der Waals surface area contributed by atoms with Gasteiger partial charge in [-0.15, -0.1) is 0 Å². The monoisotopic (exact) mass is 488 g/mol. The lowest BCUT2D eigenvalue weighted by molar-refractivity contribution is 1.02. The van der Waals surface area contributed by atoms with Gasteiger partial charge in [0, 0.05) is 56.7 Å². The Hall–Kier alpha value is -4.96. The summed E-state index contributed by atoms with van der Waals surface area (Å²) in [6.07, 6.45) is 12.6. The third kappa shape index (κ3) is 3.10. The number of para-hydroxylation sites is 1. The van der Waals surface area contributed by atoms with Crippen molar-refractivity contribution in [2.24, 2.45) is 0 Å². The lowest BCUT2D eigenvalue weighted by Gasteiger charge is -2.11. The van der Waals surface area contributed by atoms with Crippen LogP contribution in [-0.4, -0.2) is 19.1 Å². The van der Waals surface area contributed by atoms with Gasteiger partial charge in [0.2, 0.25) is 0 Å². The molecule has 0 saturated carbocycles. The summed E-state index contributed by atoms with van der Waals surface area (Å²) in [6.45, 7) is 0. The van der Waals surface area contributed by atoms with E-state index in [-0.39, 0.29) is 0 Å². The van der Waals surface area contributed by atoms with Crippen LogP contribution in [0.5, 0.6) is 0 Å². The van der Waals surface area contributed by atoms with Crippen molar-refractivity contribution in [3.63, 3.8) is 0 Å². The second-order valence-corrected chi connectivity index (χ2v) is 9.83. The second-order valence-electron chi connectivity index (χ2n) is 9.83. The van der Waals surface area contributed by atoms with Gasteiger partial charge in [-0.25, -0.2) is 4.98 Å². The van der Waals surface area contributed by atoms with Crippen LogP contribution in [-0.2, 0) is 0 Å². The highest BCUT2D eigenvalue weighted by atomic mass is 15.0. The molecule has 1 aliphatic carbocycles. The predicted molar refractivity (Wildman–Crippen MR) is 156 cm³/mol. The fourth-order valence-electron chi connectivity index (χ4n) is 5.98. The summed E-state index contributed by atoms with van der Waals surface area (Å²) >= 11 is 0. The number of benzene rings is 3. The van der Waals surface area contributed by atoms with Gasteiger partial charge in [0.05, 0.1) is 11.0 Å². The molecule has 0 bridgehead atoms. The molecule has 0 amide bonds. The van der Waals surface area contributed by atoms with E-state index in [4.69, 9.17) is 0 Å². The molecule has 180 valence electrons. The third-order valence-corrected chi connectivity index (χ3v) is 7.72. The van der Waals surface area contributed by atoms with Gasteiger partial charge >= 0.3 is 0 Å². The fraction of sp³-hybridized carbons (Fsp3) is 0.0588. The zero-order valence-corrected chi connectivity index (χ0v) is 20.8. The minimum absolute atomic E-state index is 0.948. The van der Waals surface area contributed by atoms with Gasteiger partial charge in [-0.2, -0.15) is 0 Å². The molecule has 4 aromatic heterocycles. The smallest absolute Gasteiger partial charge is 0.145 e. The van der Waals surface area contributed by atoms with E-state index in [1.54, 1.807) is 0 Å². The quantitative estimate of drug-likeness (QED) is 0.283. The molecule has 0 N–H and O–H groups in total.